The molecule has 3 heteroatoms. The Labute approximate surface area is 207 Å². The first kappa shape index (κ1) is 25.3. The van der Waals surface area contributed by atoms with Crippen molar-refractivity contribution in [3.63, 3.8) is 0 Å². The summed E-state index contributed by atoms with van der Waals surface area (Å²) in [7, 11) is -2.72. The summed E-state index contributed by atoms with van der Waals surface area (Å²) in [6.45, 7) is 16.0. The molecule has 1 heterocycles. The van der Waals surface area contributed by atoms with Crippen LogP contribution in [-0.4, -0.2) is 16.1 Å². The molecule has 0 unspecified atom stereocenters. The van der Waals surface area contributed by atoms with Crippen molar-refractivity contribution in [2.45, 2.75) is 65.5 Å². The lowest BCUT2D eigenvalue weighted by Gasteiger charge is -2.05. The van der Waals surface area contributed by atoms with Gasteiger partial charge in [-0.2, -0.15) is 0 Å². The minimum Gasteiger partial charge on any atom is -0.135 e. The monoisotopic (exact) mass is 484 g/mol. The molecule has 1 aromatic heterocycles. The third-order valence-corrected chi connectivity index (χ3v) is 8.11. The Morgan fingerprint density at radius 3 is 1.64 bits per heavy atom. The van der Waals surface area contributed by atoms with E-state index in [1.54, 1.807) is 0 Å². The minimum atomic E-state index is -1.36. The second-order valence-corrected chi connectivity index (χ2v) is 21.3. The van der Waals surface area contributed by atoms with E-state index in [-0.39, 0.29) is 0 Å². The smallest absolute Gasteiger partial charge is 0.129 e. The average Bonchev–Trinajstić information content (AvgIpc) is 3.19. The lowest BCUT2D eigenvalue weighted by atomic mass is 10.0. The van der Waals surface area contributed by atoms with E-state index in [1.165, 1.54) is 39.3 Å². The van der Waals surface area contributed by atoms with Crippen LogP contribution in [-0.2, 0) is 6.42 Å². The van der Waals surface area contributed by atoms with E-state index >= 15 is 0 Å². The number of rotatable bonds is 5. The first-order chi connectivity index (χ1) is 15.5. The molecule has 0 radical (unpaired) electrons. The van der Waals surface area contributed by atoms with Crippen molar-refractivity contribution in [2.75, 3.05) is 0 Å². The summed E-state index contributed by atoms with van der Waals surface area (Å²) < 4.78 is 0. The van der Waals surface area contributed by atoms with Gasteiger partial charge in [0.15, 0.2) is 0 Å². The standard InChI is InChI=1S/C30H36SSi2/c1-8-9-10-28-23-29(26-15-11-24(12-16-26)19-21-32(2,3)4)31-30(28)27-17-13-25(14-18-27)20-22-33(5,6)7/h11-18,23H,8-10H2,1-7H3. The number of thiophene rings is 1. The topological polar surface area (TPSA) is 0 Å². The summed E-state index contributed by atoms with van der Waals surface area (Å²) in [4.78, 5) is 2.73. The first-order valence-electron chi connectivity index (χ1n) is 11.9. The molecule has 0 saturated heterocycles. The molecule has 33 heavy (non-hydrogen) atoms. The van der Waals surface area contributed by atoms with Crippen molar-refractivity contribution < 1.29 is 0 Å². The van der Waals surface area contributed by atoms with Gasteiger partial charge in [0.1, 0.15) is 16.1 Å². The molecule has 0 bridgehead atoms. The van der Waals surface area contributed by atoms with Crippen molar-refractivity contribution in [3.8, 4) is 43.8 Å². The van der Waals surface area contributed by atoms with Gasteiger partial charge in [-0.25, -0.2) is 0 Å². The van der Waals surface area contributed by atoms with Crippen LogP contribution in [0, 0.1) is 22.9 Å². The molecule has 0 atom stereocenters. The lowest BCUT2D eigenvalue weighted by Crippen LogP contribution is -2.16. The molecule has 0 N–H and O–H groups in total. The predicted molar refractivity (Wildman–Crippen MR) is 154 cm³/mol. The molecule has 170 valence electrons. The summed E-state index contributed by atoms with van der Waals surface area (Å²) in [6.07, 6.45) is 3.55. The maximum absolute atomic E-state index is 3.47. The zero-order valence-electron chi connectivity index (χ0n) is 21.2. The molecule has 3 aromatic rings. The van der Waals surface area contributed by atoms with E-state index in [0.29, 0.717) is 0 Å². The number of unbranched alkanes of at least 4 members (excludes halogenated alkanes) is 1. The molecule has 0 nitrogen and oxygen atoms in total. The maximum Gasteiger partial charge on any atom is 0.129 e. The van der Waals surface area contributed by atoms with E-state index in [1.807, 2.05) is 11.3 Å². The number of hydrogen-bond acceptors (Lipinski definition) is 1. The second kappa shape index (κ2) is 10.7. The zero-order valence-corrected chi connectivity index (χ0v) is 24.0. The van der Waals surface area contributed by atoms with E-state index in [0.717, 1.165) is 17.5 Å². The summed E-state index contributed by atoms with van der Waals surface area (Å²) in [6, 6.07) is 20.0. The fourth-order valence-corrected chi connectivity index (χ4v) is 5.57. The number of hydrogen-bond donors (Lipinski definition) is 0. The third-order valence-electron chi connectivity index (χ3n) is 5.09. The Hall–Kier alpha value is -2.31. The largest absolute Gasteiger partial charge is 0.135 e. The highest BCUT2D eigenvalue weighted by atomic mass is 32.1. The Kier molecular flexibility index (Phi) is 8.25. The molecule has 2 aromatic carbocycles. The van der Waals surface area contributed by atoms with Crippen molar-refractivity contribution in [1.29, 1.82) is 0 Å². The fourth-order valence-electron chi connectivity index (χ4n) is 3.31. The van der Waals surface area contributed by atoms with Crippen LogP contribution in [0.1, 0.15) is 36.5 Å². The van der Waals surface area contributed by atoms with E-state index in [4.69, 9.17) is 0 Å². The fraction of sp³-hybridized carbons (Fsp3) is 0.333. The first-order valence-corrected chi connectivity index (χ1v) is 19.8. The molecule has 0 aliphatic rings. The summed E-state index contributed by atoms with van der Waals surface area (Å²) >= 11 is 1.90. The van der Waals surface area contributed by atoms with Gasteiger partial charge in [0.05, 0.1) is 0 Å². The van der Waals surface area contributed by atoms with Gasteiger partial charge in [-0.1, -0.05) is 88.7 Å². The minimum absolute atomic E-state index is 1.11. The molecule has 0 spiro atoms. The quantitative estimate of drug-likeness (QED) is 0.250. The molecule has 0 aliphatic heterocycles. The summed E-state index contributed by atoms with van der Waals surface area (Å²) in [5.41, 5.74) is 13.2. The highest BCUT2D eigenvalue weighted by molar-refractivity contribution is 7.19. The van der Waals surface area contributed by atoms with Crippen LogP contribution in [0.25, 0.3) is 20.9 Å². The molecular formula is C30H36SSi2. The van der Waals surface area contributed by atoms with Gasteiger partial charge in [-0.3, -0.25) is 0 Å². The van der Waals surface area contributed by atoms with Gasteiger partial charge in [0.25, 0.3) is 0 Å². The van der Waals surface area contributed by atoms with Gasteiger partial charge < -0.3 is 0 Å². The van der Waals surface area contributed by atoms with E-state index in [9.17, 15) is 0 Å². The molecular weight excluding hydrogens is 449 g/mol. The van der Waals surface area contributed by atoms with Gasteiger partial charge in [-0.05, 0) is 59.9 Å². The Morgan fingerprint density at radius 2 is 1.18 bits per heavy atom. The molecule has 0 saturated carbocycles. The van der Waals surface area contributed by atoms with Crippen molar-refractivity contribution in [1.82, 2.24) is 0 Å². The van der Waals surface area contributed by atoms with E-state index < -0.39 is 16.1 Å². The van der Waals surface area contributed by atoms with Crippen molar-refractivity contribution in [3.05, 3.63) is 71.3 Å². The second-order valence-electron chi connectivity index (χ2n) is 10.7. The van der Waals surface area contributed by atoms with Crippen LogP contribution in [0.5, 0.6) is 0 Å². The zero-order chi connectivity index (χ0) is 24.1. The SMILES string of the molecule is CCCCc1cc(-c2ccc(C#C[Si](C)(C)C)cc2)sc1-c1ccc(C#C[Si](C)(C)C)cc1. The summed E-state index contributed by atoms with van der Waals surface area (Å²) in [5, 5.41) is 0. The summed E-state index contributed by atoms with van der Waals surface area (Å²) in [5.74, 6) is 6.74. The van der Waals surface area contributed by atoms with Gasteiger partial charge in [0.2, 0.25) is 0 Å². The van der Waals surface area contributed by atoms with Gasteiger partial charge in [-0.15, -0.1) is 22.4 Å². The molecule has 0 fully saturated rings. The van der Waals surface area contributed by atoms with Crippen LogP contribution in [0.3, 0.4) is 0 Å². The van der Waals surface area contributed by atoms with Crippen molar-refractivity contribution in [2.24, 2.45) is 0 Å². The van der Waals surface area contributed by atoms with Crippen LogP contribution in [0.2, 0.25) is 39.3 Å². The van der Waals surface area contributed by atoms with Gasteiger partial charge in [0, 0.05) is 20.9 Å². The van der Waals surface area contributed by atoms with Crippen LogP contribution >= 0.6 is 11.3 Å². The predicted octanol–water partition coefficient (Wildman–Crippen LogP) is 8.88. The third kappa shape index (κ3) is 7.90. The highest BCUT2D eigenvalue weighted by Crippen LogP contribution is 2.39. The van der Waals surface area contributed by atoms with Crippen LogP contribution in [0.15, 0.2) is 54.6 Å². The normalized spacial score (nSPS) is 11.4. The Morgan fingerprint density at radius 1 is 0.697 bits per heavy atom. The highest BCUT2D eigenvalue weighted by Gasteiger charge is 2.13. The van der Waals surface area contributed by atoms with Crippen LogP contribution < -0.4 is 0 Å². The Bertz CT molecular complexity index is 1190. The maximum atomic E-state index is 3.47. The molecule has 3 rings (SSSR count). The molecule has 0 amide bonds. The Balaban J connectivity index is 1.91. The average molecular weight is 485 g/mol. The molecule has 0 aliphatic carbocycles. The number of aryl methyl sites for hydroxylation is 1. The van der Waals surface area contributed by atoms with Gasteiger partial charge >= 0.3 is 0 Å². The number of benzene rings is 2. The van der Waals surface area contributed by atoms with Crippen LogP contribution in [0.4, 0.5) is 0 Å². The lowest BCUT2D eigenvalue weighted by molar-refractivity contribution is 0.798. The van der Waals surface area contributed by atoms with Crippen molar-refractivity contribution >= 4 is 27.5 Å². The van der Waals surface area contributed by atoms with E-state index in [2.05, 4.69) is 124 Å².